The van der Waals surface area contributed by atoms with Gasteiger partial charge in [-0.25, -0.2) is 0 Å². The summed E-state index contributed by atoms with van der Waals surface area (Å²) >= 11 is 0. The lowest BCUT2D eigenvalue weighted by atomic mass is 9.70. The van der Waals surface area contributed by atoms with E-state index in [4.69, 9.17) is 9.47 Å². The number of allylic oxidation sites excluding steroid dienone is 6. The molecule has 1 fully saturated rings. The van der Waals surface area contributed by atoms with Gasteiger partial charge < -0.3 is 9.47 Å². The summed E-state index contributed by atoms with van der Waals surface area (Å²) in [6.07, 6.45) is 7.92. The summed E-state index contributed by atoms with van der Waals surface area (Å²) < 4.78 is 12.3. The van der Waals surface area contributed by atoms with E-state index in [1.54, 1.807) is 0 Å². The Kier molecular flexibility index (Phi) is 2.84. The lowest BCUT2D eigenvalue weighted by Gasteiger charge is -2.30. The topological polar surface area (TPSA) is 52.6 Å². The monoisotopic (exact) mass is 650 g/mol. The number of hydrogen-bond acceptors (Lipinski definition) is 4. The molecule has 3 unspecified atom stereocenters. The standard InChI is InChI=1S/C47H22O4/c1-3-50-43(48)47(44(49)51-4-2)45-23-13-14-24-22-12-10-20-18-8-6-16-15-5-7-17-19-9-11-21(23)31-29(19)34-27(17)25(15)33-26(16)28(18)35-30(20)32(22)42(46(24,45)47)40-38(35)36(33)37(34)39(40)41(31)45/h5-9,11-14,20H,3-4,10H2,1-2H3. The molecule has 3 atom stereocenters. The van der Waals surface area contributed by atoms with Crippen molar-refractivity contribution < 1.29 is 19.1 Å². The normalized spacial score (nSPS) is 26.2. The molecule has 0 N–H and O–H groups in total. The maximum Gasteiger partial charge on any atom is 0.326 e. The Balaban J connectivity index is 1.31. The van der Waals surface area contributed by atoms with E-state index in [2.05, 4.69) is 54.6 Å². The Morgan fingerprint density at radius 2 is 1.16 bits per heavy atom. The van der Waals surface area contributed by atoms with Crippen LogP contribution in [-0.2, 0) is 29.9 Å². The average Bonchev–Trinajstić information content (AvgIpc) is 3.75. The van der Waals surface area contributed by atoms with Crippen LogP contribution in [-0.4, -0.2) is 25.2 Å². The van der Waals surface area contributed by atoms with Crippen LogP contribution in [0.2, 0.25) is 0 Å². The maximum absolute atomic E-state index is 15.3. The fraction of sp³-hybridized carbons (Fsp3) is 0.191. The van der Waals surface area contributed by atoms with Gasteiger partial charge in [-0.1, -0.05) is 54.6 Å². The number of rotatable bonds is 4. The van der Waals surface area contributed by atoms with Gasteiger partial charge in [0.1, 0.15) is 0 Å². The highest BCUT2D eigenvalue weighted by molar-refractivity contribution is 6.62. The van der Waals surface area contributed by atoms with Crippen LogP contribution < -0.4 is 0 Å². The molecular weight excluding hydrogens is 629 g/mol. The Morgan fingerprint density at radius 1 is 0.608 bits per heavy atom. The smallest absolute Gasteiger partial charge is 0.326 e. The predicted octanol–water partition coefficient (Wildman–Crippen LogP) is 9.89. The van der Waals surface area contributed by atoms with Crippen molar-refractivity contribution in [3.8, 4) is 0 Å². The molecule has 0 radical (unpaired) electrons. The summed E-state index contributed by atoms with van der Waals surface area (Å²) in [5.74, 6) is -0.630. The molecule has 10 aromatic rings. The second-order valence-corrected chi connectivity index (χ2v) is 16.6. The minimum absolute atomic E-state index is 0.199. The highest BCUT2D eigenvalue weighted by atomic mass is 16.6. The third kappa shape index (κ3) is 1.54. The van der Waals surface area contributed by atoms with E-state index < -0.39 is 28.2 Å². The summed E-state index contributed by atoms with van der Waals surface area (Å²) in [6, 6.07) is 14.3. The van der Waals surface area contributed by atoms with Gasteiger partial charge in [0.2, 0.25) is 0 Å². The number of ether oxygens (including phenoxy) is 2. The van der Waals surface area contributed by atoms with E-state index in [9.17, 15) is 0 Å². The van der Waals surface area contributed by atoms with Gasteiger partial charge in [0, 0.05) is 5.92 Å². The van der Waals surface area contributed by atoms with E-state index >= 15 is 9.59 Å². The lowest BCUT2D eigenvalue weighted by Crippen LogP contribution is -2.38. The fourth-order valence-electron chi connectivity index (χ4n) is 15.3. The van der Waals surface area contributed by atoms with Gasteiger partial charge in [0.15, 0.2) is 5.41 Å². The molecule has 0 aromatic heterocycles. The van der Waals surface area contributed by atoms with Crippen LogP contribution in [0.3, 0.4) is 0 Å². The van der Waals surface area contributed by atoms with Crippen molar-refractivity contribution in [3.05, 3.63) is 93.6 Å². The molecule has 7 aliphatic carbocycles. The van der Waals surface area contributed by atoms with Crippen LogP contribution in [0, 0.1) is 5.41 Å². The van der Waals surface area contributed by atoms with E-state index in [1.807, 2.05) is 13.8 Å². The number of fused-ring (bicyclic) bond motifs is 5. The fourth-order valence-corrected chi connectivity index (χ4v) is 15.3. The molecule has 4 nitrogen and oxygen atoms in total. The van der Waals surface area contributed by atoms with Gasteiger partial charge in [-0.3, -0.25) is 9.59 Å². The summed E-state index contributed by atoms with van der Waals surface area (Å²) in [5.41, 5.74) is 7.72. The second kappa shape index (κ2) is 6.13. The molecule has 0 amide bonds. The molecule has 0 saturated heterocycles. The molecule has 7 aliphatic rings. The number of benzene rings is 7. The molecule has 0 aliphatic heterocycles. The molecule has 4 heteroatoms. The zero-order chi connectivity index (χ0) is 32.7. The molecule has 51 heavy (non-hydrogen) atoms. The Bertz CT molecular complexity index is 3660. The first-order valence-corrected chi connectivity index (χ1v) is 18.6. The van der Waals surface area contributed by atoms with Crippen LogP contribution >= 0.6 is 0 Å². The summed E-state index contributed by atoms with van der Waals surface area (Å²) in [5, 5.41) is 24.6. The summed E-state index contributed by atoms with van der Waals surface area (Å²) in [7, 11) is 0. The zero-order valence-electron chi connectivity index (χ0n) is 27.5. The summed E-state index contributed by atoms with van der Waals surface area (Å²) in [6.45, 7) is 4.11. The number of carbonyl (C=O) groups is 2. The van der Waals surface area contributed by atoms with Crippen LogP contribution in [0.15, 0.2) is 60.2 Å². The van der Waals surface area contributed by atoms with Crippen LogP contribution in [0.4, 0.5) is 0 Å². The van der Waals surface area contributed by atoms with Gasteiger partial charge in [-0.2, -0.15) is 0 Å². The van der Waals surface area contributed by atoms with E-state index in [-0.39, 0.29) is 19.1 Å². The van der Waals surface area contributed by atoms with Crippen molar-refractivity contribution >= 4 is 120 Å². The van der Waals surface area contributed by atoms with Crippen LogP contribution in [0.1, 0.15) is 59.6 Å². The van der Waals surface area contributed by atoms with Crippen LogP contribution in [0.5, 0.6) is 0 Å². The van der Waals surface area contributed by atoms with Crippen molar-refractivity contribution in [1.82, 2.24) is 0 Å². The van der Waals surface area contributed by atoms with Gasteiger partial charge in [-0.05, 0) is 167 Å². The predicted molar refractivity (Wildman–Crippen MR) is 201 cm³/mol. The molecule has 2 spiro atoms. The Morgan fingerprint density at radius 3 is 1.88 bits per heavy atom. The van der Waals surface area contributed by atoms with Crippen molar-refractivity contribution in [1.29, 1.82) is 0 Å². The third-order valence-corrected chi connectivity index (χ3v) is 15.9. The van der Waals surface area contributed by atoms with E-state index in [1.165, 1.54) is 130 Å². The first-order valence-electron chi connectivity index (χ1n) is 18.6. The quantitative estimate of drug-likeness (QED) is 0.108. The van der Waals surface area contributed by atoms with Crippen molar-refractivity contribution in [2.75, 3.05) is 13.2 Å². The first-order chi connectivity index (χ1) is 25.1. The molecule has 0 bridgehead atoms. The number of esters is 2. The first kappa shape index (κ1) is 23.6. The van der Waals surface area contributed by atoms with E-state index in [0.717, 1.165) is 23.1 Å². The largest absolute Gasteiger partial charge is 0.465 e. The SMILES string of the molecule is CCOC(=O)C1(C(=O)OCC)C23C4=CC=C5c6ccc7c8ccc9c%10ccc%11c%12c%13c%14c(c2c2c%15c(c6c7c6c8c9c(c%10%12)c(c%132)c%156)C513)C4=CCC%11%14. The van der Waals surface area contributed by atoms with Crippen molar-refractivity contribution in [3.63, 3.8) is 0 Å². The van der Waals surface area contributed by atoms with Crippen molar-refractivity contribution in [2.45, 2.75) is 37.0 Å². The van der Waals surface area contributed by atoms with Gasteiger partial charge in [-0.15, -0.1) is 0 Å². The molecule has 10 aromatic carbocycles. The molecular formula is C47H22O4. The van der Waals surface area contributed by atoms with Crippen LogP contribution in [0.25, 0.3) is 108 Å². The molecule has 234 valence electrons. The average molecular weight is 651 g/mol. The minimum atomic E-state index is -1.57. The van der Waals surface area contributed by atoms with E-state index in [0.29, 0.717) is 0 Å². The highest BCUT2D eigenvalue weighted by Crippen LogP contribution is 2.95. The number of hydrogen-bond donors (Lipinski definition) is 0. The second-order valence-electron chi connectivity index (χ2n) is 16.6. The van der Waals surface area contributed by atoms with Gasteiger partial charge in [0.25, 0.3) is 0 Å². The Hall–Kier alpha value is -5.74. The minimum Gasteiger partial charge on any atom is -0.465 e. The molecule has 0 heterocycles. The highest BCUT2D eigenvalue weighted by Gasteiger charge is 3.01. The van der Waals surface area contributed by atoms with Gasteiger partial charge >= 0.3 is 11.9 Å². The lowest BCUT2D eigenvalue weighted by molar-refractivity contribution is -0.165. The molecule has 1 saturated carbocycles. The maximum atomic E-state index is 15.3. The van der Waals surface area contributed by atoms with Crippen molar-refractivity contribution in [2.24, 2.45) is 5.41 Å². The summed E-state index contributed by atoms with van der Waals surface area (Å²) in [4.78, 5) is 30.6. The third-order valence-electron chi connectivity index (χ3n) is 15.9. The van der Waals surface area contributed by atoms with Gasteiger partial charge in [0.05, 0.1) is 24.0 Å². The number of carbonyl (C=O) groups excluding carboxylic acids is 2. The zero-order valence-corrected chi connectivity index (χ0v) is 27.5. The Labute approximate surface area is 287 Å². The molecule has 17 rings (SSSR count).